The molecule has 0 heterocycles. The summed E-state index contributed by atoms with van der Waals surface area (Å²) >= 11 is 0. The molecule has 0 aromatic carbocycles. The van der Waals surface area contributed by atoms with Gasteiger partial charge in [-0.15, -0.1) is 0 Å². The van der Waals surface area contributed by atoms with Crippen molar-refractivity contribution in [3.8, 4) is 0 Å². The van der Waals surface area contributed by atoms with Gasteiger partial charge in [-0.2, -0.15) is 0 Å². The Morgan fingerprint density at radius 3 is 2.22 bits per heavy atom. The quantitative estimate of drug-likeness (QED) is 0.548. The second-order valence-electron chi connectivity index (χ2n) is 2.57. The molecule has 9 heavy (non-hydrogen) atoms. The molecule has 0 aliphatic rings. The fraction of sp³-hybridized carbons (Fsp3) is 0.833. The number of aliphatic carboxylic acids is 1. The highest BCUT2D eigenvalue weighted by Crippen LogP contribution is 2.01. The summed E-state index contributed by atoms with van der Waals surface area (Å²) < 4.78 is 0. The summed E-state index contributed by atoms with van der Waals surface area (Å²) in [4.78, 5) is 10.1. The molecule has 3 N–H and O–H groups in total. The highest BCUT2D eigenvalue weighted by molar-refractivity contribution is 5.72. The smallest absolute Gasteiger partial charge is 0.320 e. The summed E-state index contributed by atoms with van der Waals surface area (Å²) in [6, 6.07) is -0.690. The molecule has 0 aliphatic heterocycles. The molecular formula is C6H13NO2. The lowest BCUT2D eigenvalue weighted by Gasteiger charge is -2.07. The lowest BCUT2D eigenvalue weighted by molar-refractivity contribution is -0.138. The van der Waals surface area contributed by atoms with E-state index in [0.29, 0.717) is 12.3 Å². The van der Waals surface area contributed by atoms with Crippen LogP contribution in [0, 0.1) is 5.92 Å². The van der Waals surface area contributed by atoms with Crippen molar-refractivity contribution in [2.75, 3.05) is 0 Å². The molecule has 1 atom stereocenters. The minimum atomic E-state index is -0.913. The Balaban J connectivity index is 3.50. The molecule has 3 heteroatoms. The molecule has 54 valence electrons. The van der Waals surface area contributed by atoms with Crippen LogP contribution >= 0.6 is 0 Å². The molecule has 0 rings (SSSR count). The summed E-state index contributed by atoms with van der Waals surface area (Å²) in [5.74, 6) is -0.556. The predicted octanol–water partition coefficient (Wildman–Crippen LogP) is 0.444. The Bertz CT molecular complexity index is 101. The van der Waals surface area contributed by atoms with Crippen LogP contribution < -0.4 is 5.73 Å². The minimum absolute atomic E-state index is 0.357. The molecule has 0 saturated heterocycles. The van der Waals surface area contributed by atoms with Crippen molar-refractivity contribution in [3.05, 3.63) is 0 Å². The second-order valence-corrected chi connectivity index (χ2v) is 2.57. The fourth-order valence-electron chi connectivity index (χ4n) is 0.609. The van der Waals surface area contributed by atoms with Crippen LogP contribution in [0.4, 0.5) is 0 Å². The van der Waals surface area contributed by atoms with Gasteiger partial charge in [-0.1, -0.05) is 13.8 Å². The lowest BCUT2D eigenvalue weighted by Crippen LogP contribution is -2.31. The van der Waals surface area contributed by atoms with E-state index in [9.17, 15) is 4.79 Å². The maximum absolute atomic E-state index is 10.1. The molecule has 3 nitrogen and oxygen atoms in total. The van der Waals surface area contributed by atoms with Crippen LogP contribution in [-0.4, -0.2) is 17.1 Å². The summed E-state index contributed by atoms with van der Waals surface area (Å²) in [7, 11) is 0. The van der Waals surface area contributed by atoms with Crippen LogP contribution in [0.15, 0.2) is 0 Å². The van der Waals surface area contributed by atoms with Gasteiger partial charge in [0.15, 0.2) is 0 Å². The first-order chi connectivity index (χ1) is 4.04. The number of carbonyl (C=O) groups is 1. The van der Waals surface area contributed by atoms with Crippen LogP contribution in [0.25, 0.3) is 0 Å². The van der Waals surface area contributed by atoms with Crippen LogP contribution in [0.2, 0.25) is 0 Å². The largest absolute Gasteiger partial charge is 0.480 e. The van der Waals surface area contributed by atoms with E-state index < -0.39 is 12.0 Å². The topological polar surface area (TPSA) is 63.3 Å². The number of hydrogen-bond donors (Lipinski definition) is 2. The van der Waals surface area contributed by atoms with E-state index in [1.54, 1.807) is 0 Å². The van der Waals surface area contributed by atoms with E-state index in [2.05, 4.69) is 0 Å². The van der Waals surface area contributed by atoms with E-state index in [-0.39, 0.29) is 0 Å². The van der Waals surface area contributed by atoms with Gasteiger partial charge in [0.05, 0.1) is 0 Å². The number of carboxylic acid groups (broad SMARTS) is 1. The lowest BCUT2D eigenvalue weighted by atomic mass is 10.1. The highest BCUT2D eigenvalue weighted by atomic mass is 16.5. The molecule has 0 aliphatic carbocycles. The average Bonchev–Trinajstić information content (AvgIpc) is 1.63. The van der Waals surface area contributed by atoms with Crippen LogP contribution in [0.3, 0.4) is 0 Å². The van der Waals surface area contributed by atoms with Gasteiger partial charge in [-0.05, 0) is 12.3 Å². The van der Waals surface area contributed by atoms with Gasteiger partial charge in [0, 0.05) is 0 Å². The average molecular weight is 132 g/mol. The third kappa shape index (κ3) is 3.97. The van der Waals surface area contributed by atoms with Crippen molar-refractivity contribution in [1.82, 2.24) is 0 Å². The maximum Gasteiger partial charge on any atom is 0.320 e. The number of carboxylic acids is 1. The Labute approximate surface area is 54.9 Å². The van der Waals surface area contributed by atoms with Crippen molar-refractivity contribution in [2.24, 2.45) is 11.7 Å². The normalized spacial score (nSPS) is 13.8. The van der Waals surface area contributed by atoms with Crippen molar-refractivity contribution < 1.29 is 9.90 Å². The molecule has 0 spiro atoms. The maximum atomic E-state index is 10.1. The van der Waals surface area contributed by atoms with Crippen LogP contribution in [0.5, 0.6) is 0 Å². The fourth-order valence-corrected chi connectivity index (χ4v) is 0.609. The first-order valence-electron chi connectivity index (χ1n) is 3.02. The van der Waals surface area contributed by atoms with Gasteiger partial charge in [0.25, 0.3) is 0 Å². The van der Waals surface area contributed by atoms with E-state index in [1.165, 1.54) is 0 Å². The molecule has 0 bridgehead atoms. The zero-order chi connectivity index (χ0) is 7.44. The van der Waals surface area contributed by atoms with Gasteiger partial charge >= 0.3 is 5.97 Å². The van der Waals surface area contributed by atoms with Crippen molar-refractivity contribution in [2.45, 2.75) is 26.3 Å². The number of hydrogen-bond acceptors (Lipinski definition) is 2. The van der Waals surface area contributed by atoms with Gasteiger partial charge in [0.1, 0.15) is 6.04 Å². The van der Waals surface area contributed by atoms with E-state index >= 15 is 0 Å². The Morgan fingerprint density at radius 1 is 1.67 bits per heavy atom. The molecule has 0 aromatic heterocycles. The summed E-state index contributed by atoms with van der Waals surface area (Å²) in [5, 5.41) is 8.31. The second kappa shape index (κ2) is 3.45. The van der Waals surface area contributed by atoms with Crippen LogP contribution in [0.1, 0.15) is 20.3 Å². The molecule has 0 unspecified atom stereocenters. The van der Waals surface area contributed by atoms with Crippen molar-refractivity contribution in [3.63, 3.8) is 0 Å². The Hall–Kier alpha value is -0.570. The predicted molar refractivity (Wildman–Crippen MR) is 35.1 cm³/mol. The van der Waals surface area contributed by atoms with Crippen molar-refractivity contribution >= 4 is 5.97 Å². The summed E-state index contributed by atoms with van der Waals surface area (Å²) in [6.07, 6.45) is 0.551. The number of nitrogens with two attached hydrogens (primary N) is 1. The van der Waals surface area contributed by atoms with Gasteiger partial charge in [-0.25, -0.2) is 0 Å². The zero-order valence-electron chi connectivity index (χ0n) is 5.79. The number of rotatable bonds is 3. The third-order valence-electron chi connectivity index (χ3n) is 1.04. The monoisotopic (exact) mass is 132 g/mol. The van der Waals surface area contributed by atoms with Crippen molar-refractivity contribution in [1.29, 1.82) is 0 Å². The van der Waals surface area contributed by atoms with E-state index in [0.717, 1.165) is 0 Å². The first kappa shape index (κ1) is 8.43. The molecule has 0 fully saturated rings. The third-order valence-corrected chi connectivity index (χ3v) is 1.04. The SMILES string of the molecule is CC(C)C[C@@H](N)[13C](=O)O. The van der Waals surface area contributed by atoms with E-state index in [4.69, 9.17) is 10.8 Å². The highest BCUT2D eigenvalue weighted by Gasteiger charge is 2.11. The van der Waals surface area contributed by atoms with Gasteiger partial charge in [-0.3, -0.25) is 4.79 Å². The first-order valence-corrected chi connectivity index (χ1v) is 3.02. The molecule has 0 saturated carbocycles. The summed E-state index contributed by atoms with van der Waals surface area (Å²) in [6.45, 7) is 3.89. The Morgan fingerprint density at radius 2 is 2.11 bits per heavy atom. The van der Waals surface area contributed by atoms with E-state index in [1.807, 2.05) is 13.8 Å². The molecule has 0 amide bonds. The summed E-state index contributed by atoms with van der Waals surface area (Å²) in [5.41, 5.74) is 5.22. The zero-order valence-corrected chi connectivity index (χ0v) is 5.79. The molecular weight excluding hydrogens is 119 g/mol. The minimum Gasteiger partial charge on any atom is -0.480 e. The van der Waals surface area contributed by atoms with Crippen LogP contribution in [-0.2, 0) is 4.79 Å². The molecule has 0 aromatic rings. The van der Waals surface area contributed by atoms with Gasteiger partial charge < -0.3 is 10.8 Å². The standard InChI is InChI=1S/C6H13NO2/c1-4(2)3-5(7)6(8)9/h4-5H,3,7H2,1-2H3,(H,8,9)/t5-/m1/s1/i6+1. The molecule has 0 radical (unpaired) electrons. The van der Waals surface area contributed by atoms with Gasteiger partial charge in [0.2, 0.25) is 0 Å². The Kier molecular flexibility index (Phi) is 3.24.